The van der Waals surface area contributed by atoms with Crippen LogP contribution >= 0.6 is 11.8 Å². The van der Waals surface area contributed by atoms with Crippen molar-refractivity contribution < 1.29 is 0 Å². The summed E-state index contributed by atoms with van der Waals surface area (Å²) < 4.78 is 0. The fourth-order valence-corrected chi connectivity index (χ4v) is 3.51. The zero-order valence-electron chi connectivity index (χ0n) is 10.7. The lowest BCUT2D eigenvalue weighted by Crippen LogP contribution is -2.35. The van der Waals surface area contributed by atoms with Crippen LogP contribution in [0.1, 0.15) is 44.9 Å². The van der Waals surface area contributed by atoms with E-state index < -0.39 is 0 Å². The number of aromatic nitrogens is 3. The maximum absolute atomic E-state index is 4.37. The summed E-state index contributed by atoms with van der Waals surface area (Å²) in [5, 5.41) is 12.3. The third kappa shape index (κ3) is 4.00. The van der Waals surface area contributed by atoms with Crippen LogP contribution in [0.5, 0.6) is 0 Å². The molecule has 0 aliphatic heterocycles. The van der Waals surface area contributed by atoms with E-state index in [0.717, 1.165) is 17.5 Å². The first kappa shape index (κ1) is 12.9. The molecule has 1 aliphatic carbocycles. The lowest BCUT2D eigenvalue weighted by Gasteiger charge is -2.28. The van der Waals surface area contributed by atoms with Crippen LogP contribution in [0.2, 0.25) is 0 Å². The van der Waals surface area contributed by atoms with E-state index in [1.807, 2.05) is 18.7 Å². The molecule has 0 amide bonds. The number of nitrogens with zero attached hydrogens (tertiary/aromatic N) is 2. The molecular formula is C12H22N4S. The van der Waals surface area contributed by atoms with Crippen LogP contribution in [0.15, 0.2) is 5.16 Å². The Labute approximate surface area is 107 Å². The molecule has 1 heterocycles. The van der Waals surface area contributed by atoms with E-state index in [0.29, 0.717) is 11.3 Å². The van der Waals surface area contributed by atoms with Gasteiger partial charge in [-0.15, -0.1) is 5.10 Å². The molecule has 96 valence electrons. The summed E-state index contributed by atoms with van der Waals surface area (Å²) in [4.78, 5) is 4.37. The van der Waals surface area contributed by atoms with Crippen LogP contribution in [-0.2, 0) is 0 Å². The highest BCUT2D eigenvalue weighted by Crippen LogP contribution is 2.31. The van der Waals surface area contributed by atoms with Gasteiger partial charge in [-0.25, -0.2) is 4.98 Å². The molecule has 0 spiro atoms. The van der Waals surface area contributed by atoms with Gasteiger partial charge in [-0.05, 0) is 39.2 Å². The van der Waals surface area contributed by atoms with Gasteiger partial charge in [-0.1, -0.05) is 25.1 Å². The van der Waals surface area contributed by atoms with Crippen LogP contribution < -0.4 is 5.32 Å². The minimum atomic E-state index is 0.674. The minimum Gasteiger partial charge on any atom is -0.314 e. The molecular weight excluding hydrogens is 232 g/mol. The van der Waals surface area contributed by atoms with Gasteiger partial charge in [0.15, 0.2) is 0 Å². The lowest BCUT2D eigenvalue weighted by atomic mass is 9.95. The van der Waals surface area contributed by atoms with Crippen molar-refractivity contribution in [3.63, 3.8) is 0 Å². The number of rotatable bonds is 5. The average molecular weight is 254 g/mol. The fourth-order valence-electron chi connectivity index (χ4n) is 2.31. The van der Waals surface area contributed by atoms with Crippen molar-refractivity contribution in [2.45, 2.75) is 62.4 Å². The number of nitrogens with one attached hydrogen (secondary N) is 2. The maximum atomic E-state index is 4.37. The summed E-state index contributed by atoms with van der Waals surface area (Å²) in [5.41, 5.74) is 0. The molecule has 1 aromatic rings. The predicted molar refractivity (Wildman–Crippen MR) is 71.3 cm³/mol. The molecule has 2 rings (SSSR count). The molecule has 1 aliphatic rings. The third-order valence-electron chi connectivity index (χ3n) is 3.16. The summed E-state index contributed by atoms with van der Waals surface area (Å²) in [6.45, 7) is 5.31. The van der Waals surface area contributed by atoms with Crippen molar-refractivity contribution in [2.75, 3.05) is 6.54 Å². The Balaban J connectivity index is 1.80. The van der Waals surface area contributed by atoms with Gasteiger partial charge in [-0.3, -0.25) is 5.10 Å². The number of hydrogen-bond acceptors (Lipinski definition) is 4. The normalized spacial score (nSPS) is 25.1. The molecule has 2 N–H and O–H groups in total. The predicted octanol–water partition coefficient (Wildman–Crippen LogP) is 2.52. The molecule has 5 heteroatoms. The van der Waals surface area contributed by atoms with Gasteiger partial charge < -0.3 is 5.32 Å². The van der Waals surface area contributed by atoms with E-state index in [2.05, 4.69) is 27.4 Å². The number of hydrogen-bond donors (Lipinski definition) is 2. The Bertz CT molecular complexity index is 339. The standard InChI is InChI=1S/C12H22N4S/c1-3-7-13-10-5-4-6-11(8-10)17-12-14-9(2)15-16-12/h10-11,13H,3-8H2,1-2H3,(H,14,15,16). The van der Waals surface area contributed by atoms with Gasteiger partial charge in [0.25, 0.3) is 0 Å². The van der Waals surface area contributed by atoms with E-state index in [1.54, 1.807) is 0 Å². The third-order valence-corrected chi connectivity index (χ3v) is 4.31. The monoisotopic (exact) mass is 254 g/mol. The van der Waals surface area contributed by atoms with Crippen molar-refractivity contribution in [1.82, 2.24) is 20.5 Å². The van der Waals surface area contributed by atoms with Crippen LogP contribution in [0.25, 0.3) is 0 Å². The Morgan fingerprint density at radius 1 is 1.47 bits per heavy atom. The molecule has 17 heavy (non-hydrogen) atoms. The number of aromatic amines is 1. The molecule has 1 saturated carbocycles. The van der Waals surface area contributed by atoms with Crippen LogP contribution in [-0.4, -0.2) is 33.0 Å². The first-order chi connectivity index (χ1) is 8.28. The number of H-pyrrole nitrogens is 1. The smallest absolute Gasteiger partial charge is 0.208 e. The van der Waals surface area contributed by atoms with Gasteiger partial charge in [0, 0.05) is 11.3 Å². The largest absolute Gasteiger partial charge is 0.314 e. The summed E-state index contributed by atoms with van der Waals surface area (Å²) in [7, 11) is 0. The second-order valence-electron chi connectivity index (χ2n) is 4.76. The zero-order valence-corrected chi connectivity index (χ0v) is 11.5. The van der Waals surface area contributed by atoms with E-state index in [1.165, 1.54) is 32.1 Å². The Kier molecular flexibility index (Phi) is 4.86. The Morgan fingerprint density at radius 2 is 2.35 bits per heavy atom. The second kappa shape index (κ2) is 6.40. The molecule has 0 aromatic carbocycles. The van der Waals surface area contributed by atoms with Crippen molar-refractivity contribution in [2.24, 2.45) is 0 Å². The van der Waals surface area contributed by atoms with Crippen LogP contribution in [0, 0.1) is 6.92 Å². The molecule has 1 aromatic heterocycles. The maximum Gasteiger partial charge on any atom is 0.208 e. The van der Waals surface area contributed by atoms with Crippen molar-refractivity contribution in [3.05, 3.63) is 5.82 Å². The fraction of sp³-hybridized carbons (Fsp3) is 0.833. The topological polar surface area (TPSA) is 53.6 Å². The summed E-state index contributed by atoms with van der Waals surface area (Å²) >= 11 is 1.83. The van der Waals surface area contributed by atoms with Gasteiger partial charge in [-0.2, -0.15) is 0 Å². The van der Waals surface area contributed by atoms with Gasteiger partial charge in [0.1, 0.15) is 5.82 Å². The van der Waals surface area contributed by atoms with E-state index >= 15 is 0 Å². The Morgan fingerprint density at radius 3 is 3.06 bits per heavy atom. The first-order valence-corrected chi connectivity index (χ1v) is 7.45. The van der Waals surface area contributed by atoms with E-state index in [4.69, 9.17) is 0 Å². The first-order valence-electron chi connectivity index (χ1n) is 6.57. The van der Waals surface area contributed by atoms with Gasteiger partial charge in [0.05, 0.1) is 0 Å². The zero-order chi connectivity index (χ0) is 12.1. The van der Waals surface area contributed by atoms with Crippen LogP contribution in [0.4, 0.5) is 0 Å². The summed E-state index contributed by atoms with van der Waals surface area (Å²) in [5.74, 6) is 0.906. The number of thioether (sulfide) groups is 1. The number of aryl methyl sites for hydroxylation is 1. The summed E-state index contributed by atoms with van der Waals surface area (Å²) in [6.07, 6.45) is 6.40. The highest BCUT2D eigenvalue weighted by Gasteiger charge is 2.23. The summed E-state index contributed by atoms with van der Waals surface area (Å²) in [6, 6.07) is 0.696. The molecule has 0 radical (unpaired) electrons. The van der Waals surface area contributed by atoms with Crippen LogP contribution in [0.3, 0.4) is 0 Å². The molecule has 0 saturated heterocycles. The minimum absolute atomic E-state index is 0.674. The molecule has 2 unspecified atom stereocenters. The average Bonchev–Trinajstić information content (AvgIpc) is 2.73. The van der Waals surface area contributed by atoms with Crippen molar-refractivity contribution >= 4 is 11.8 Å². The highest BCUT2D eigenvalue weighted by molar-refractivity contribution is 7.99. The van der Waals surface area contributed by atoms with Gasteiger partial charge >= 0.3 is 0 Å². The highest BCUT2D eigenvalue weighted by atomic mass is 32.2. The molecule has 4 nitrogen and oxygen atoms in total. The molecule has 0 bridgehead atoms. The van der Waals surface area contributed by atoms with Crippen molar-refractivity contribution in [3.8, 4) is 0 Å². The van der Waals surface area contributed by atoms with E-state index in [9.17, 15) is 0 Å². The van der Waals surface area contributed by atoms with E-state index in [-0.39, 0.29) is 0 Å². The quantitative estimate of drug-likeness (QED) is 0.848. The SMILES string of the molecule is CCCNC1CCCC(Sc2n[nH]c(C)n2)C1. The molecule has 1 fully saturated rings. The van der Waals surface area contributed by atoms with Gasteiger partial charge in [0.2, 0.25) is 5.16 Å². The molecule has 2 atom stereocenters. The lowest BCUT2D eigenvalue weighted by molar-refractivity contribution is 0.381. The second-order valence-corrected chi connectivity index (χ2v) is 6.03. The Hall–Kier alpha value is -0.550. The van der Waals surface area contributed by atoms with Crippen molar-refractivity contribution in [1.29, 1.82) is 0 Å².